The second-order valence-electron chi connectivity index (χ2n) is 5.95. The minimum Gasteiger partial charge on any atom is -0.854 e. The van der Waals surface area contributed by atoms with E-state index in [1.807, 2.05) is 46.8 Å². The van der Waals surface area contributed by atoms with Crippen LogP contribution in [-0.4, -0.2) is 19.8 Å². The zero-order chi connectivity index (χ0) is 20.6. The maximum absolute atomic E-state index is 10.2. The van der Waals surface area contributed by atoms with Crippen LogP contribution in [-0.2, 0) is 21.7 Å². The molecule has 0 aliphatic rings. The van der Waals surface area contributed by atoms with Crippen molar-refractivity contribution in [3.05, 3.63) is 29.8 Å². The molecule has 0 spiro atoms. The second-order valence-corrected chi connectivity index (χ2v) is 5.95. The van der Waals surface area contributed by atoms with Crippen molar-refractivity contribution in [2.45, 2.75) is 79.1 Å². The molecule has 0 aliphatic carbocycles. The molecular weight excluding hydrogens is 380 g/mol. The summed E-state index contributed by atoms with van der Waals surface area (Å²) in [6.45, 7) is 10.4. The first-order chi connectivity index (χ1) is 12.5. The standard InChI is InChI=1S/C9H12O2.3C4H9O.Ti/c1-7(2)8-5-3-4-6-9(8)11-10;3*1-2-3-4-5;/h3-7,10H,1-2H3;3*2-4H2,1H3;/q;3*-1;+4/p-1. The van der Waals surface area contributed by atoms with Gasteiger partial charge in [0.15, 0.2) is 0 Å². The fraction of sp³-hybridized carbons (Fsp3) is 0.714. The van der Waals surface area contributed by atoms with Gasteiger partial charge < -0.3 is 25.5 Å². The number of rotatable bonds is 8. The van der Waals surface area contributed by atoms with E-state index in [9.17, 15) is 20.6 Å². The van der Waals surface area contributed by atoms with E-state index in [4.69, 9.17) is 0 Å². The third-order valence-electron chi connectivity index (χ3n) is 3.12. The minimum atomic E-state index is 0. The average molecular weight is 418 g/mol. The van der Waals surface area contributed by atoms with Crippen molar-refractivity contribution in [1.29, 1.82) is 0 Å². The van der Waals surface area contributed by atoms with Gasteiger partial charge in [-0.3, -0.25) is 0 Å². The van der Waals surface area contributed by atoms with Crippen LogP contribution in [0.3, 0.4) is 0 Å². The Hall–Kier alpha value is -0.426. The molecule has 0 saturated carbocycles. The number of hydrogen-bond acceptors (Lipinski definition) is 5. The Morgan fingerprint density at radius 3 is 1.33 bits per heavy atom. The van der Waals surface area contributed by atoms with Gasteiger partial charge in [-0.15, -0.1) is 19.8 Å². The van der Waals surface area contributed by atoms with Gasteiger partial charge in [-0.2, -0.15) is 0 Å². The summed E-state index contributed by atoms with van der Waals surface area (Å²) < 4.78 is 0. The molecule has 27 heavy (non-hydrogen) atoms. The van der Waals surface area contributed by atoms with Crippen molar-refractivity contribution in [2.75, 3.05) is 19.8 Å². The van der Waals surface area contributed by atoms with E-state index >= 15 is 0 Å². The number of hydrogen-bond donors (Lipinski definition) is 0. The van der Waals surface area contributed by atoms with Gasteiger partial charge in [0.2, 0.25) is 0 Å². The van der Waals surface area contributed by atoms with Crippen molar-refractivity contribution in [3.8, 4) is 5.75 Å². The smallest absolute Gasteiger partial charge is 0.854 e. The molecule has 0 N–H and O–H groups in total. The summed E-state index contributed by atoms with van der Waals surface area (Å²) in [5, 5.41) is 38.7. The minimum absolute atomic E-state index is 0. The van der Waals surface area contributed by atoms with E-state index in [2.05, 4.69) is 4.89 Å². The molecule has 6 heteroatoms. The van der Waals surface area contributed by atoms with Gasteiger partial charge in [0.25, 0.3) is 0 Å². The van der Waals surface area contributed by atoms with Crippen molar-refractivity contribution in [2.24, 2.45) is 0 Å². The van der Waals surface area contributed by atoms with Gasteiger partial charge in [0, 0.05) is 0 Å². The first kappa shape index (κ1) is 34.1. The number of benzene rings is 1. The first-order valence-corrected chi connectivity index (χ1v) is 9.63. The van der Waals surface area contributed by atoms with Gasteiger partial charge >= 0.3 is 21.7 Å². The van der Waals surface area contributed by atoms with Gasteiger partial charge in [0.1, 0.15) is 5.75 Å². The van der Waals surface area contributed by atoms with Crippen LogP contribution in [0.4, 0.5) is 0 Å². The molecule has 1 aromatic carbocycles. The van der Waals surface area contributed by atoms with Crippen molar-refractivity contribution in [3.63, 3.8) is 0 Å². The summed E-state index contributed by atoms with van der Waals surface area (Å²) in [6, 6.07) is 7.28. The largest absolute Gasteiger partial charge is 4.00 e. The van der Waals surface area contributed by atoms with Crippen LogP contribution < -0.4 is 25.5 Å². The summed E-state index contributed by atoms with van der Waals surface area (Å²) in [6.07, 6.45) is 5.59. The molecule has 0 heterocycles. The number of para-hydroxylation sites is 1. The van der Waals surface area contributed by atoms with Crippen LogP contribution in [0.5, 0.6) is 5.75 Å². The van der Waals surface area contributed by atoms with Crippen LogP contribution >= 0.6 is 0 Å². The molecule has 0 unspecified atom stereocenters. The van der Waals surface area contributed by atoms with Crippen LogP contribution in [0.15, 0.2) is 24.3 Å². The molecule has 0 radical (unpaired) electrons. The quantitative estimate of drug-likeness (QED) is 0.365. The molecule has 0 aromatic heterocycles. The molecule has 1 aromatic rings. The van der Waals surface area contributed by atoms with E-state index in [1.54, 1.807) is 12.1 Å². The summed E-state index contributed by atoms with van der Waals surface area (Å²) in [7, 11) is 0. The van der Waals surface area contributed by atoms with Gasteiger partial charge in [-0.05, 0) is 17.5 Å². The van der Waals surface area contributed by atoms with Crippen molar-refractivity contribution < 1.29 is 47.2 Å². The molecule has 0 aliphatic heterocycles. The Labute approximate surface area is 181 Å². The zero-order valence-corrected chi connectivity index (χ0v) is 19.4. The Morgan fingerprint density at radius 2 is 1.15 bits per heavy atom. The molecular formula is C21H38O5Ti. The normalized spacial score (nSPS) is 8.81. The monoisotopic (exact) mass is 418 g/mol. The van der Waals surface area contributed by atoms with E-state index in [0.717, 1.165) is 44.1 Å². The summed E-state index contributed by atoms with van der Waals surface area (Å²) in [5.74, 6) is 0.766. The van der Waals surface area contributed by atoms with Gasteiger partial charge in [0.05, 0.1) is 0 Å². The summed E-state index contributed by atoms with van der Waals surface area (Å²) >= 11 is 0. The second kappa shape index (κ2) is 30.3. The maximum Gasteiger partial charge on any atom is 4.00 e. The molecule has 1 rings (SSSR count). The third-order valence-corrected chi connectivity index (χ3v) is 3.12. The molecule has 0 saturated heterocycles. The third kappa shape index (κ3) is 27.9. The summed E-state index contributed by atoms with van der Waals surface area (Å²) in [4.78, 5) is 3.96. The van der Waals surface area contributed by atoms with E-state index in [-0.39, 0.29) is 41.5 Å². The fourth-order valence-corrected chi connectivity index (χ4v) is 1.47. The maximum atomic E-state index is 10.2. The molecule has 5 nitrogen and oxygen atoms in total. The Bertz CT molecular complexity index is 342. The molecule has 156 valence electrons. The Morgan fingerprint density at radius 1 is 0.778 bits per heavy atom. The predicted molar refractivity (Wildman–Crippen MR) is 100 cm³/mol. The van der Waals surface area contributed by atoms with E-state index in [0.29, 0.717) is 11.7 Å². The van der Waals surface area contributed by atoms with Crippen molar-refractivity contribution >= 4 is 0 Å². The SMILES string of the molecule is CC(C)c1ccccc1O[O-].CCCC[O-].CCCC[O-].CCCC[O-].[Ti+4]. The van der Waals surface area contributed by atoms with Gasteiger partial charge in [-0.1, -0.05) is 91.3 Å². The molecule has 0 atom stereocenters. The number of unbranched alkanes of at least 4 members (excludes halogenated alkanes) is 3. The summed E-state index contributed by atoms with van der Waals surface area (Å²) in [5.41, 5.74) is 0.961. The van der Waals surface area contributed by atoms with E-state index < -0.39 is 0 Å². The Balaban J connectivity index is -0.000000142. The topological polar surface area (TPSA) is 101 Å². The average Bonchev–Trinajstić information content (AvgIpc) is 2.65. The Kier molecular flexibility index (Phi) is 38.3. The van der Waals surface area contributed by atoms with Crippen LogP contribution in [0, 0.1) is 0 Å². The van der Waals surface area contributed by atoms with Gasteiger partial charge in [-0.25, -0.2) is 0 Å². The molecule has 0 amide bonds. The fourth-order valence-electron chi connectivity index (χ4n) is 1.47. The molecule has 0 bridgehead atoms. The van der Waals surface area contributed by atoms with Crippen LogP contribution in [0.25, 0.3) is 0 Å². The van der Waals surface area contributed by atoms with Crippen molar-refractivity contribution in [1.82, 2.24) is 0 Å². The van der Waals surface area contributed by atoms with Crippen LogP contribution in [0.2, 0.25) is 0 Å². The zero-order valence-electron chi connectivity index (χ0n) is 17.8. The van der Waals surface area contributed by atoms with E-state index in [1.165, 1.54) is 0 Å². The predicted octanol–water partition coefficient (Wildman–Crippen LogP) is 1.90. The first-order valence-electron chi connectivity index (χ1n) is 9.63. The molecule has 0 fully saturated rings. The van der Waals surface area contributed by atoms with Crippen LogP contribution in [0.1, 0.15) is 84.6 Å².